The molecule has 1 N–H and O–H groups in total. The van der Waals surface area contributed by atoms with Gasteiger partial charge in [-0.25, -0.2) is 4.79 Å². The molecule has 1 aromatic rings. The van der Waals surface area contributed by atoms with Gasteiger partial charge in [-0.2, -0.15) is 5.10 Å². The van der Waals surface area contributed by atoms with Gasteiger partial charge in [0.1, 0.15) is 5.54 Å². The quantitative estimate of drug-likeness (QED) is 0.820. The lowest BCUT2D eigenvalue weighted by Gasteiger charge is -2.43. The first-order valence-corrected chi connectivity index (χ1v) is 7.86. The highest BCUT2D eigenvalue weighted by Gasteiger charge is 2.48. The zero-order valence-corrected chi connectivity index (χ0v) is 14.2. The molecular weight excluding hydrogens is 298 g/mol. The Morgan fingerprint density at radius 3 is 2.78 bits per heavy atom. The molecule has 1 aromatic heterocycles. The molecule has 0 bridgehead atoms. The minimum absolute atomic E-state index is 0.132. The number of amides is 1. The van der Waals surface area contributed by atoms with Crippen molar-refractivity contribution in [3.8, 4) is 0 Å². The summed E-state index contributed by atoms with van der Waals surface area (Å²) >= 11 is 0. The average Bonchev–Trinajstić information content (AvgIpc) is 2.92. The number of carbonyl (C=O) groups excluding carboxylic acids is 2. The number of esters is 1. The molecule has 7 heteroatoms. The second-order valence-electron chi connectivity index (χ2n) is 6.50. The number of hydrogen-bond donors (Lipinski definition) is 1. The van der Waals surface area contributed by atoms with Crippen molar-refractivity contribution >= 4 is 11.9 Å². The summed E-state index contributed by atoms with van der Waals surface area (Å²) in [4.78, 5) is 24.7. The number of nitrogens with zero attached hydrogens (tertiary/aromatic N) is 2. The molecule has 1 aliphatic rings. The molecule has 7 nitrogen and oxygen atoms in total. The molecule has 1 atom stereocenters. The Morgan fingerprint density at radius 1 is 1.48 bits per heavy atom. The molecule has 0 saturated carbocycles. The second kappa shape index (κ2) is 6.70. The number of hydrogen-bond acceptors (Lipinski definition) is 5. The van der Waals surface area contributed by atoms with Crippen molar-refractivity contribution in [3.63, 3.8) is 0 Å². The van der Waals surface area contributed by atoms with Gasteiger partial charge < -0.3 is 14.8 Å². The SMILES string of the molecule is CCn1ccc(CC(=O)NC2(C(=O)OC)CCOC(C)(C)C2)n1. The summed E-state index contributed by atoms with van der Waals surface area (Å²) in [7, 11) is 1.33. The normalized spacial score (nSPS) is 23.3. The highest BCUT2D eigenvalue weighted by atomic mass is 16.5. The molecule has 0 radical (unpaired) electrons. The van der Waals surface area contributed by atoms with Crippen LogP contribution in [0, 0.1) is 0 Å². The van der Waals surface area contributed by atoms with Gasteiger partial charge in [-0.3, -0.25) is 9.48 Å². The molecule has 1 amide bonds. The molecule has 0 aromatic carbocycles. The number of rotatable bonds is 5. The fourth-order valence-corrected chi connectivity index (χ4v) is 3.04. The molecule has 1 fully saturated rings. The summed E-state index contributed by atoms with van der Waals surface area (Å²) in [5.74, 6) is -0.671. The van der Waals surface area contributed by atoms with E-state index < -0.39 is 17.1 Å². The average molecular weight is 323 g/mol. The van der Waals surface area contributed by atoms with E-state index in [0.717, 1.165) is 6.54 Å². The van der Waals surface area contributed by atoms with Gasteiger partial charge >= 0.3 is 5.97 Å². The summed E-state index contributed by atoms with van der Waals surface area (Å²) in [6.07, 6.45) is 2.74. The molecule has 128 valence electrons. The molecular formula is C16H25N3O4. The highest BCUT2D eigenvalue weighted by Crippen LogP contribution is 2.33. The number of ether oxygens (including phenoxy) is 2. The smallest absolute Gasteiger partial charge is 0.331 e. The van der Waals surface area contributed by atoms with Crippen LogP contribution in [0.4, 0.5) is 0 Å². The van der Waals surface area contributed by atoms with Crippen LogP contribution in [0.15, 0.2) is 12.3 Å². The van der Waals surface area contributed by atoms with Crippen LogP contribution in [0.5, 0.6) is 0 Å². The third kappa shape index (κ3) is 4.10. The summed E-state index contributed by atoms with van der Waals surface area (Å²) in [6.45, 7) is 6.93. The van der Waals surface area contributed by atoms with E-state index in [2.05, 4.69) is 10.4 Å². The predicted octanol–water partition coefficient (Wildman–Crippen LogP) is 1.06. The molecule has 2 heterocycles. The third-order valence-electron chi connectivity index (χ3n) is 4.07. The Morgan fingerprint density at radius 2 is 2.22 bits per heavy atom. The Bertz CT molecular complexity index is 582. The van der Waals surface area contributed by atoms with E-state index in [9.17, 15) is 9.59 Å². The summed E-state index contributed by atoms with van der Waals surface area (Å²) in [5, 5.41) is 7.16. The zero-order valence-electron chi connectivity index (χ0n) is 14.2. The van der Waals surface area contributed by atoms with Crippen LogP contribution in [-0.2, 0) is 32.0 Å². The monoisotopic (exact) mass is 323 g/mol. The number of aryl methyl sites for hydroxylation is 1. The minimum atomic E-state index is -1.04. The molecule has 1 unspecified atom stereocenters. The Labute approximate surface area is 136 Å². The molecule has 1 saturated heterocycles. The Hall–Kier alpha value is -1.89. The topological polar surface area (TPSA) is 82.5 Å². The van der Waals surface area contributed by atoms with E-state index in [0.29, 0.717) is 25.1 Å². The van der Waals surface area contributed by atoms with Crippen molar-refractivity contribution in [3.05, 3.63) is 18.0 Å². The third-order valence-corrected chi connectivity index (χ3v) is 4.07. The molecule has 1 aliphatic heterocycles. The van der Waals surface area contributed by atoms with Crippen molar-refractivity contribution in [1.82, 2.24) is 15.1 Å². The van der Waals surface area contributed by atoms with E-state index >= 15 is 0 Å². The molecule has 0 aliphatic carbocycles. The maximum absolute atomic E-state index is 12.4. The van der Waals surface area contributed by atoms with Gasteiger partial charge in [0, 0.05) is 25.6 Å². The van der Waals surface area contributed by atoms with Gasteiger partial charge in [0.25, 0.3) is 0 Å². The predicted molar refractivity (Wildman–Crippen MR) is 83.8 cm³/mol. The van der Waals surface area contributed by atoms with E-state index in [-0.39, 0.29) is 12.3 Å². The lowest BCUT2D eigenvalue weighted by atomic mass is 9.81. The largest absolute Gasteiger partial charge is 0.467 e. The number of aromatic nitrogens is 2. The summed E-state index contributed by atoms with van der Waals surface area (Å²) in [5.41, 5.74) is -0.861. The summed E-state index contributed by atoms with van der Waals surface area (Å²) < 4.78 is 12.3. The van der Waals surface area contributed by atoms with Crippen molar-refractivity contribution in [1.29, 1.82) is 0 Å². The zero-order chi connectivity index (χ0) is 17.1. The fourth-order valence-electron chi connectivity index (χ4n) is 3.04. The Kier molecular flexibility index (Phi) is 5.09. The molecule has 23 heavy (non-hydrogen) atoms. The van der Waals surface area contributed by atoms with Crippen molar-refractivity contribution in [2.75, 3.05) is 13.7 Å². The van der Waals surface area contributed by atoms with Crippen LogP contribution in [0.3, 0.4) is 0 Å². The van der Waals surface area contributed by atoms with Crippen LogP contribution in [0.2, 0.25) is 0 Å². The standard InChI is InChI=1S/C16H25N3O4/c1-5-19-8-6-12(18-19)10-13(20)17-16(14(21)22-4)7-9-23-15(2,3)11-16/h6,8H,5,7,9-11H2,1-4H3,(H,17,20). The van der Waals surface area contributed by atoms with Crippen LogP contribution < -0.4 is 5.32 Å². The Balaban J connectivity index is 2.11. The number of nitrogens with one attached hydrogen (secondary N) is 1. The lowest BCUT2D eigenvalue weighted by Crippen LogP contribution is -2.61. The van der Waals surface area contributed by atoms with Gasteiger partial charge in [-0.1, -0.05) is 0 Å². The van der Waals surface area contributed by atoms with E-state index in [1.807, 2.05) is 33.0 Å². The van der Waals surface area contributed by atoms with Gasteiger partial charge in [0.2, 0.25) is 5.91 Å². The molecule has 0 spiro atoms. The van der Waals surface area contributed by atoms with Crippen LogP contribution in [0.1, 0.15) is 39.3 Å². The van der Waals surface area contributed by atoms with Gasteiger partial charge in [0.15, 0.2) is 0 Å². The van der Waals surface area contributed by atoms with E-state index in [4.69, 9.17) is 9.47 Å². The second-order valence-corrected chi connectivity index (χ2v) is 6.50. The van der Waals surface area contributed by atoms with E-state index in [1.54, 1.807) is 4.68 Å². The highest BCUT2D eigenvalue weighted by molar-refractivity contribution is 5.89. The van der Waals surface area contributed by atoms with Crippen molar-refractivity contribution < 1.29 is 19.1 Å². The van der Waals surface area contributed by atoms with Gasteiger partial charge in [0.05, 0.1) is 31.4 Å². The van der Waals surface area contributed by atoms with Crippen LogP contribution in [0.25, 0.3) is 0 Å². The van der Waals surface area contributed by atoms with Crippen molar-refractivity contribution in [2.24, 2.45) is 0 Å². The van der Waals surface area contributed by atoms with Gasteiger partial charge in [-0.15, -0.1) is 0 Å². The van der Waals surface area contributed by atoms with E-state index in [1.165, 1.54) is 7.11 Å². The van der Waals surface area contributed by atoms with Crippen molar-refractivity contribution in [2.45, 2.75) is 57.7 Å². The maximum atomic E-state index is 12.4. The fraction of sp³-hybridized carbons (Fsp3) is 0.688. The first kappa shape index (κ1) is 17.5. The summed E-state index contributed by atoms with van der Waals surface area (Å²) in [6, 6.07) is 1.81. The van der Waals surface area contributed by atoms with Crippen LogP contribution in [-0.4, -0.2) is 46.5 Å². The van der Waals surface area contributed by atoms with Gasteiger partial charge in [-0.05, 0) is 26.8 Å². The first-order chi connectivity index (χ1) is 10.8. The van der Waals surface area contributed by atoms with Crippen LogP contribution >= 0.6 is 0 Å². The number of methoxy groups -OCH3 is 1. The maximum Gasteiger partial charge on any atom is 0.331 e. The first-order valence-electron chi connectivity index (χ1n) is 7.86. The minimum Gasteiger partial charge on any atom is -0.467 e. The molecule has 2 rings (SSSR count). The lowest BCUT2D eigenvalue weighted by molar-refractivity contribution is -0.164. The number of carbonyl (C=O) groups is 2.